The van der Waals surface area contributed by atoms with E-state index in [9.17, 15) is 5.11 Å². The standard InChI is InChI=1S/C17H25NO2/c1-3-15-12-18(2)16-9-4-5-10-17(16,20-15)13-7-6-8-14(19)11-13/h6-8,11,15-16,19H,3-5,9-10,12H2,1-2H3/t15-,16-,17+/m1/s1. The molecule has 1 saturated heterocycles. The largest absolute Gasteiger partial charge is 0.508 e. The van der Waals surface area contributed by atoms with Crippen LogP contribution in [0.1, 0.15) is 44.6 Å². The van der Waals surface area contributed by atoms with E-state index in [0.29, 0.717) is 11.8 Å². The molecule has 20 heavy (non-hydrogen) atoms. The molecule has 0 amide bonds. The number of ether oxygens (including phenoxy) is 1. The molecule has 3 heteroatoms. The monoisotopic (exact) mass is 275 g/mol. The highest BCUT2D eigenvalue weighted by molar-refractivity contribution is 5.34. The van der Waals surface area contributed by atoms with Crippen molar-refractivity contribution in [1.29, 1.82) is 0 Å². The zero-order chi connectivity index (χ0) is 14.2. The van der Waals surface area contributed by atoms with Gasteiger partial charge in [-0.2, -0.15) is 0 Å². The molecular formula is C17H25NO2. The molecule has 110 valence electrons. The molecule has 0 spiro atoms. The molecule has 2 fully saturated rings. The highest BCUT2D eigenvalue weighted by Gasteiger charge is 2.49. The van der Waals surface area contributed by atoms with Crippen molar-refractivity contribution < 1.29 is 9.84 Å². The zero-order valence-corrected chi connectivity index (χ0v) is 12.5. The Labute approximate surface area is 121 Å². The minimum atomic E-state index is -0.231. The van der Waals surface area contributed by atoms with E-state index in [-0.39, 0.29) is 11.7 Å². The second-order valence-corrected chi connectivity index (χ2v) is 6.29. The summed E-state index contributed by atoms with van der Waals surface area (Å²) in [5.41, 5.74) is 0.914. The smallest absolute Gasteiger partial charge is 0.115 e. The second kappa shape index (κ2) is 5.38. The van der Waals surface area contributed by atoms with Crippen LogP contribution in [0.4, 0.5) is 0 Å². The van der Waals surface area contributed by atoms with E-state index in [4.69, 9.17) is 4.74 Å². The fourth-order valence-corrected chi connectivity index (χ4v) is 4.01. The predicted octanol–water partition coefficient (Wildman–Crippen LogP) is 3.27. The molecular weight excluding hydrogens is 250 g/mol. The maximum Gasteiger partial charge on any atom is 0.115 e. The zero-order valence-electron chi connectivity index (χ0n) is 12.5. The van der Waals surface area contributed by atoms with Crippen LogP contribution >= 0.6 is 0 Å². The molecule has 0 radical (unpaired) electrons. The van der Waals surface area contributed by atoms with Crippen LogP contribution in [0, 0.1) is 0 Å². The summed E-state index contributed by atoms with van der Waals surface area (Å²) in [6.07, 6.45) is 6.05. The van der Waals surface area contributed by atoms with Gasteiger partial charge >= 0.3 is 0 Å². The minimum absolute atomic E-state index is 0.231. The first kappa shape index (κ1) is 13.9. The van der Waals surface area contributed by atoms with E-state index in [1.165, 1.54) is 19.3 Å². The molecule has 0 bridgehead atoms. The number of likely N-dealkylation sites (N-methyl/N-ethyl adjacent to an activating group) is 1. The Hall–Kier alpha value is -1.06. The lowest BCUT2D eigenvalue weighted by atomic mass is 9.73. The fourth-order valence-electron chi connectivity index (χ4n) is 4.01. The van der Waals surface area contributed by atoms with Crippen LogP contribution in [-0.4, -0.2) is 35.7 Å². The number of aromatic hydroxyl groups is 1. The van der Waals surface area contributed by atoms with Gasteiger partial charge in [-0.05, 0) is 44.0 Å². The van der Waals surface area contributed by atoms with Gasteiger partial charge < -0.3 is 9.84 Å². The minimum Gasteiger partial charge on any atom is -0.508 e. The Kier molecular flexibility index (Phi) is 3.74. The number of nitrogens with zero attached hydrogens (tertiary/aromatic N) is 1. The second-order valence-electron chi connectivity index (χ2n) is 6.29. The average Bonchev–Trinajstić information content (AvgIpc) is 2.47. The van der Waals surface area contributed by atoms with Crippen LogP contribution in [0.2, 0.25) is 0 Å². The van der Waals surface area contributed by atoms with Crippen LogP contribution in [0.3, 0.4) is 0 Å². The van der Waals surface area contributed by atoms with Gasteiger partial charge in [-0.1, -0.05) is 31.9 Å². The number of phenolic OH excluding ortho intramolecular Hbond substituents is 1. The summed E-state index contributed by atoms with van der Waals surface area (Å²) in [7, 11) is 2.22. The van der Waals surface area contributed by atoms with Crippen LogP contribution in [0.5, 0.6) is 5.75 Å². The molecule has 1 saturated carbocycles. The third-order valence-electron chi connectivity index (χ3n) is 5.00. The van der Waals surface area contributed by atoms with Gasteiger partial charge in [0.05, 0.1) is 6.10 Å². The van der Waals surface area contributed by atoms with Crippen molar-refractivity contribution in [2.45, 2.75) is 56.8 Å². The number of fused-ring (bicyclic) bond motifs is 1. The molecule has 0 unspecified atom stereocenters. The maximum absolute atomic E-state index is 9.85. The van der Waals surface area contributed by atoms with Gasteiger partial charge in [0.1, 0.15) is 11.4 Å². The molecule has 1 heterocycles. The van der Waals surface area contributed by atoms with Gasteiger partial charge in [0.2, 0.25) is 0 Å². The molecule has 1 N–H and O–H groups in total. The van der Waals surface area contributed by atoms with Gasteiger partial charge in [-0.25, -0.2) is 0 Å². The van der Waals surface area contributed by atoms with Crippen LogP contribution < -0.4 is 0 Å². The molecule has 2 aliphatic rings. The number of hydrogen-bond donors (Lipinski definition) is 1. The molecule has 3 nitrogen and oxygen atoms in total. The quantitative estimate of drug-likeness (QED) is 0.899. The SMILES string of the molecule is CC[C@@H]1CN(C)[C@@H]2CCCC[C@@]2(c2cccc(O)c2)O1. The fraction of sp³-hybridized carbons (Fsp3) is 0.647. The van der Waals surface area contributed by atoms with Gasteiger partial charge in [-0.3, -0.25) is 4.90 Å². The van der Waals surface area contributed by atoms with Gasteiger partial charge in [0, 0.05) is 12.6 Å². The molecule has 3 atom stereocenters. The Morgan fingerprint density at radius 2 is 2.25 bits per heavy atom. The number of phenols is 1. The van der Waals surface area contributed by atoms with Crippen molar-refractivity contribution in [3.63, 3.8) is 0 Å². The number of benzene rings is 1. The average molecular weight is 275 g/mol. The van der Waals surface area contributed by atoms with Gasteiger partial charge in [-0.15, -0.1) is 0 Å². The summed E-state index contributed by atoms with van der Waals surface area (Å²) in [6.45, 7) is 3.21. The number of hydrogen-bond acceptors (Lipinski definition) is 3. The van der Waals surface area contributed by atoms with E-state index in [0.717, 1.165) is 24.9 Å². The summed E-state index contributed by atoms with van der Waals surface area (Å²) < 4.78 is 6.59. The molecule has 1 aliphatic heterocycles. The van der Waals surface area contributed by atoms with Crippen molar-refractivity contribution in [2.24, 2.45) is 0 Å². The molecule has 1 aromatic carbocycles. The summed E-state index contributed by atoms with van der Waals surface area (Å²) in [5, 5.41) is 9.85. The molecule has 1 aliphatic carbocycles. The third-order valence-corrected chi connectivity index (χ3v) is 5.00. The first-order valence-corrected chi connectivity index (χ1v) is 7.83. The predicted molar refractivity (Wildman–Crippen MR) is 79.8 cm³/mol. The van der Waals surface area contributed by atoms with E-state index in [1.807, 2.05) is 12.1 Å². The highest BCUT2D eigenvalue weighted by atomic mass is 16.5. The summed E-state index contributed by atoms with van der Waals surface area (Å²) >= 11 is 0. The van der Waals surface area contributed by atoms with Gasteiger partial charge in [0.15, 0.2) is 0 Å². The van der Waals surface area contributed by atoms with Crippen LogP contribution in [0.25, 0.3) is 0 Å². The Morgan fingerprint density at radius 3 is 3.00 bits per heavy atom. The summed E-state index contributed by atoms with van der Waals surface area (Å²) in [4.78, 5) is 2.47. The molecule has 1 aromatic rings. The molecule has 3 rings (SSSR count). The van der Waals surface area contributed by atoms with Crippen LogP contribution in [0.15, 0.2) is 24.3 Å². The Bertz CT molecular complexity index is 476. The maximum atomic E-state index is 9.85. The first-order chi connectivity index (χ1) is 9.65. The van der Waals surface area contributed by atoms with E-state index >= 15 is 0 Å². The van der Waals surface area contributed by atoms with E-state index < -0.39 is 0 Å². The summed E-state index contributed by atoms with van der Waals surface area (Å²) in [5.74, 6) is 0.339. The first-order valence-electron chi connectivity index (χ1n) is 7.83. The van der Waals surface area contributed by atoms with Crippen molar-refractivity contribution in [3.05, 3.63) is 29.8 Å². The lowest BCUT2D eigenvalue weighted by molar-refractivity contribution is -0.204. The van der Waals surface area contributed by atoms with Crippen LogP contribution in [-0.2, 0) is 10.3 Å². The van der Waals surface area contributed by atoms with Crippen molar-refractivity contribution >= 4 is 0 Å². The lowest BCUT2D eigenvalue weighted by Gasteiger charge is -2.54. The topological polar surface area (TPSA) is 32.7 Å². The van der Waals surface area contributed by atoms with Gasteiger partial charge in [0.25, 0.3) is 0 Å². The normalized spacial score (nSPS) is 34.7. The lowest BCUT2D eigenvalue weighted by Crippen LogP contribution is -2.60. The number of rotatable bonds is 2. The molecule has 0 aromatic heterocycles. The highest BCUT2D eigenvalue weighted by Crippen LogP contribution is 2.47. The number of morpholine rings is 1. The Balaban J connectivity index is 2.03. The van der Waals surface area contributed by atoms with E-state index in [2.05, 4.69) is 24.9 Å². The Morgan fingerprint density at radius 1 is 1.40 bits per heavy atom. The van der Waals surface area contributed by atoms with Crippen molar-refractivity contribution in [1.82, 2.24) is 4.90 Å². The van der Waals surface area contributed by atoms with Crippen molar-refractivity contribution in [3.8, 4) is 5.75 Å². The third kappa shape index (κ3) is 2.23. The van der Waals surface area contributed by atoms with E-state index in [1.54, 1.807) is 6.07 Å². The van der Waals surface area contributed by atoms with Crippen molar-refractivity contribution in [2.75, 3.05) is 13.6 Å². The summed E-state index contributed by atoms with van der Waals surface area (Å²) in [6, 6.07) is 8.11.